The number of epoxide rings is 1. The largest absolute Gasteiger partial charge is 0.393 e. The van der Waals surface area contributed by atoms with Crippen LogP contribution in [0.4, 0.5) is 0 Å². The van der Waals surface area contributed by atoms with E-state index in [1.807, 2.05) is 13.8 Å². The Balaban J connectivity index is 1.35. The number of aliphatic hydroxyl groups is 4. The maximum Gasteiger partial charge on any atom is 0.284 e. The van der Waals surface area contributed by atoms with Gasteiger partial charge in [-0.15, -0.1) is 0 Å². The number of Topliss-reactive ketones (excluding diaryl/α,β-unsaturated/α-hetero) is 1. The van der Waals surface area contributed by atoms with Crippen LogP contribution < -0.4 is 0 Å². The van der Waals surface area contributed by atoms with Gasteiger partial charge < -0.3 is 39.4 Å². The molecule has 3 aliphatic carbocycles. The molecule has 10 unspecified atom stereocenters. The van der Waals surface area contributed by atoms with Crippen molar-refractivity contribution in [2.75, 3.05) is 6.61 Å². The van der Waals surface area contributed by atoms with E-state index >= 15 is 0 Å². The number of aliphatic hydroxyl groups excluding tert-OH is 1. The van der Waals surface area contributed by atoms with E-state index in [2.05, 4.69) is 13.5 Å². The summed E-state index contributed by atoms with van der Waals surface area (Å²) in [6.45, 7) is 11.2. The summed E-state index contributed by atoms with van der Waals surface area (Å²) in [6.07, 6.45) is 11.3. The summed E-state index contributed by atoms with van der Waals surface area (Å²) < 4.78 is 26.5. The molecule has 5 fully saturated rings. The fourth-order valence-electron chi connectivity index (χ4n) is 9.24. The van der Waals surface area contributed by atoms with Crippen LogP contribution in [0.25, 0.3) is 0 Å². The van der Waals surface area contributed by atoms with Crippen LogP contribution in [0.1, 0.15) is 98.3 Å². The molecule has 0 aromatic rings. The predicted molar refractivity (Wildman–Crippen MR) is 148 cm³/mol. The van der Waals surface area contributed by atoms with E-state index in [-0.39, 0.29) is 11.5 Å². The predicted octanol–water partition coefficient (Wildman–Crippen LogP) is 3.42. The Kier molecular flexibility index (Phi) is 7.04. The lowest BCUT2D eigenvalue weighted by Crippen LogP contribution is -2.74. The van der Waals surface area contributed by atoms with Gasteiger partial charge in [0, 0.05) is 18.3 Å². The SMILES string of the molecule is C=C(C)C12CC(C)C34OC(CCCCCCCCCCC)(OC1C3C1OC1(CO)C(O)(O)C1(O)C(=O)C(C)=CC41)O2. The summed E-state index contributed by atoms with van der Waals surface area (Å²) in [5.41, 5.74) is -5.89. The van der Waals surface area contributed by atoms with Crippen molar-refractivity contribution in [1.82, 2.24) is 0 Å². The zero-order valence-electron chi connectivity index (χ0n) is 25.0. The van der Waals surface area contributed by atoms with Crippen LogP contribution in [0.2, 0.25) is 0 Å². The molecule has 9 heteroatoms. The number of rotatable bonds is 12. The number of ether oxygens (including phenoxy) is 4. The molecule has 0 spiro atoms. The Labute approximate surface area is 242 Å². The smallest absolute Gasteiger partial charge is 0.284 e. The number of hydrogen-bond acceptors (Lipinski definition) is 9. The number of carbonyl (C=O) groups excluding carboxylic acids is 1. The first kappa shape index (κ1) is 29.9. The molecule has 3 saturated heterocycles. The molecule has 230 valence electrons. The van der Waals surface area contributed by atoms with Gasteiger partial charge in [0.25, 0.3) is 5.97 Å². The first-order valence-corrected chi connectivity index (χ1v) is 15.8. The van der Waals surface area contributed by atoms with Gasteiger partial charge in [-0.1, -0.05) is 77.9 Å². The normalized spacial score (nSPS) is 48.3. The standard InChI is InChI=1S/C32H48O9/c1-6-7-8-9-10-11-12-13-14-15-29-39-25-23-26-28(18-33,38-26)32(36,37)31(35)22(16-20(4)24(31)34)30(23,41-29)21(5)17-27(25,40-29)19(2)3/h16,21-23,25-26,33,35-37H,2,6-15,17-18H2,1,3-5H3. The molecule has 0 radical (unpaired) electrons. The number of hydrogen-bond donors (Lipinski definition) is 4. The second-order valence-corrected chi connectivity index (χ2v) is 13.8. The van der Waals surface area contributed by atoms with Gasteiger partial charge in [-0.05, 0) is 43.8 Å². The quantitative estimate of drug-likeness (QED) is 0.119. The van der Waals surface area contributed by atoms with Gasteiger partial charge in [0.15, 0.2) is 17.0 Å². The Morgan fingerprint density at radius 1 is 1.00 bits per heavy atom. The van der Waals surface area contributed by atoms with E-state index in [4.69, 9.17) is 18.9 Å². The van der Waals surface area contributed by atoms with Crippen LogP contribution in [0.3, 0.4) is 0 Å². The van der Waals surface area contributed by atoms with E-state index in [1.165, 1.54) is 38.5 Å². The molecule has 4 N–H and O–H groups in total. The summed E-state index contributed by atoms with van der Waals surface area (Å²) in [7, 11) is 0. The van der Waals surface area contributed by atoms with Gasteiger partial charge in [-0.2, -0.15) is 0 Å². The van der Waals surface area contributed by atoms with Crippen LogP contribution in [0.5, 0.6) is 0 Å². The minimum Gasteiger partial charge on any atom is -0.393 e. The molecule has 6 rings (SSSR count). The van der Waals surface area contributed by atoms with Gasteiger partial charge in [0.05, 0.1) is 12.2 Å². The second-order valence-electron chi connectivity index (χ2n) is 13.8. The second kappa shape index (κ2) is 9.66. The molecule has 9 nitrogen and oxygen atoms in total. The van der Waals surface area contributed by atoms with Crippen molar-refractivity contribution in [1.29, 1.82) is 0 Å². The van der Waals surface area contributed by atoms with Crippen LogP contribution >= 0.6 is 0 Å². The van der Waals surface area contributed by atoms with Gasteiger partial charge in [-0.3, -0.25) is 4.79 Å². The average molecular weight is 577 g/mol. The third kappa shape index (κ3) is 3.61. The molecule has 3 heterocycles. The first-order chi connectivity index (χ1) is 19.3. The molecule has 3 aliphatic heterocycles. The molecule has 6 aliphatic rings. The number of unbranched alkanes of at least 4 members (excludes halogenated alkanes) is 8. The van der Waals surface area contributed by atoms with Crippen molar-refractivity contribution >= 4 is 5.78 Å². The fraction of sp³-hybridized carbons (Fsp3) is 0.844. The van der Waals surface area contributed by atoms with Crippen molar-refractivity contribution in [3.8, 4) is 0 Å². The lowest BCUT2D eigenvalue weighted by molar-refractivity contribution is -0.434. The first-order valence-electron chi connectivity index (χ1n) is 15.8. The molecule has 41 heavy (non-hydrogen) atoms. The minimum atomic E-state index is -3.07. The van der Waals surface area contributed by atoms with Gasteiger partial charge in [-0.25, -0.2) is 0 Å². The maximum absolute atomic E-state index is 13.6. The molecule has 0 aromatic heterocycles. The lowest BCUT2D eigenvalue weighted by Gasteiger charge is -2.60. The van der Waals surface area contributed by atoms with Crippen molar-refractivity contribution in [2.45, 2.75) is 145 Å². The highest BCUT2D eigenvalue weighted by molar-refractivity contribution is 6.05. The van der Waals surface area contributed by atoms with Crippen molar-refractivity contribution < 1.29 is 44.2 Å². The zero-order valence-corrected chi connectivity index (χ0v) is 25.0. The molecule has 0 amide bonds. The van der Waals surface area contributed by atoms with Crippen LogP contribution in [-0.4, -0.2) is 79.2 Å². The molecule has 0 aromatic carbocycles. The van der Waals surface area contributed by atoms with Gasteiger partial charge in [0.2, 0.25) is 5.79 Å². The fourth-order valence-corrected chi connectivity index (χ4v) is 9.24. The van der Waals surface area contributed by atoms with Gasteiger partial charge >= 0.3 is 0 Å². The van der Waals surface area contributed by atoms with Crippen LogP contribution in [0, 0.1) is 17.8 Å². The van der Waals surface area contributed by atoms with E-state index in [0.29, 0.717) is 12.8 Å². The Hall–Kier alpha value is -1.17. The molecular formula is C32H48O9. The van der Waals surface area contributed by atoms with Crippen molar-refractivity contribution in [3.05, 3.63) is 23.8 Å². The van der Waals surface area contributed by atoms with Crippen molar-refractivity contribution in [2.24, 2.45) is 17.8 Å². The highest BCUT2D eigenvalue weighted by Crippen LogP contribution is 2.74. The Morgan fingerprint density at radius 2 is 1.63 bits per heavy atom. The summed E-state index contributed by atoms with van der Waals surface area (Å²) in [4.78, 5) is 13.6. The zero-order chi connectivity index (χ0) is 29.6. The minimum absolute atomic E-state index is 0.213. The Morgan fingerprint density at radius 3 is 2.24 bits per heavy atom. The van der Waals surface area contributed by atoms with E-state index in [0.717, 1.165) is 24.8 Å². The average Bonchev–Trinajstić information content (AvgIpc) is 3.57. The summed E-state index contributed by atoms with van der Waals surface area (Å²) in [5.74, 6) is -7.39. The van der Waals surface area contributed by atoms with Gasteiger partial charge in [0.1, 0.15) is 17.8 Å². The molecule has 3 bridgehead atoms. The summed E-state index contributed by atoms with van der Waals surface area (Å²) in [6, 6.07) is 0. The molecule has 2 saturated carbocycles. The topological polar surface area (TPSA) is 138 Å². The lowest BCUT2D eigenvalue weighted by atomic mass is 9.54. The summed E-state index contributed by atoms with van der Waals surface area (Å²) >= 11 is 0. The number of carbonyl (C=O) groups is 1. The molecular weight excluding hydrogens is 528 g/mol. The Bertz CT molecular complexity index is 1130. The highest BCUT2D eigenvalue weighted by atomic mass is 16.9. The monoisotopic (exact) mass is 576 g/mol. The third-order valence-electron chi connectivity index (χ3n) is 11.5. The van der Waals surface area contributed by atoms with Crippen LogP contribution in [0.15, 0.2) is 23.8 Å². The van der Waals surface area contributed by atoms with Crippen molar-refractivity contribution in [3.63, 3.8) is 0 Å². The van der Waals surface area contributed by atoms with E-state index in [9.17, 15) is 25.2 Å². The number of fused-ring (bicyclic) bond motifs is 3. The summed E-state index contributed by atoms with van der Waals surface area (Å²) in [5, 5.41) is 45.9. The van der Waals surface area contributed by atoms with E-state index in [1.54, 1.807) is 13.0 Å². The third-order valence-corrected chi connectivity index (χ3v) is 11.5. The highest BCUT2D eigenvalue weighted by Gasteiger charge is 2.92. The maximum atomic E-state index is 13.6. The number of ketones is 1. The van der Waals surface area contributed by atoms with E-state index < -0.39 is 70.6 Å². The van der Waals surface area contributed by atoms with Crippen LogP contribution in [-0.2, 0) is 23.7 Å². The molecule has 10 atom stereocenters.